The van der Waals surface area contributed by atoms with Crippen LogP contribution in [0.5, 0.6) is 0 Å². The maximum atomic E-state index is 12.6. The zero-order valence-corrected chi connectivity index (χ0v) is 14.7. The molecule has 1 aromatic carbocycles. The standard InChI is InChI=1S/C19H22ClN3O/c1-15-14-21-8-7-18(15)22-9-4-10-23(12-11-22)19(24)13-16-5-2-3-6-17(16)20/h2-3,5-8,14H,4,9-13H2,1H3. The molecule has 3 rings (SSSR count). The van der Waals surface area contributed by atoms with E-state index in [1.165, 1.54) is 11.3 Å². The van der Waals surface area contributed by atoms with Gasteiger partial charge in [0.1, 0.15) is 0 Å². The average molecular weight is 344 g/mol. The lowest BCUT2D eigenvalue weighted by molar-refractivity contribution is -0.130. The van der Waals surface area contributed by atoms with Gasteiger partial charge in [0, 0.05) is 49.3 Å². The van der Waals surface area contributed by atoms with Crippen molar-refractivity contribution in [3.63, 3.8) is 0 Å². The van der Waals surface area contributed by atoms with Gasteiger partial charge in [-0.25, -0.2) is 0 Å². The van der Waals surface area contributed by atoms with Gasteiger partial charge in [0.25, 0.3) is 0 Å². The van der Waals surface area contributed by atoms with E-state index in [4.69, 9.17) is 11.6 Å². The minimum atomic E-state index is 0.149. The highest BCUT2D eigenvalue weighted by Gasteiger charge is 2.20. The highest BCUT2D eigenvalue weighted by Crippen LogP contribution is 2.21. The zero-order chi connectivity index (χ0) is 16.9. The molecule has 1 amide bonds. The number of halogens is 1. The SMILES string of the molecule is Cc1cnccc1N1CCCN(C(=O)Cc2ccccc2Cl)CC1. The number of pyridine rings is 1. The van der Waals surface area contributed by atoms with E-state index in [-0.39, 0.29) is 5.91 Å². The maximum Gasteiger partial charge on any atom is 0.227 e. The quantitative estimate of drug-likeness (QED) is 0.857. The van der Waals surface area contributed by atoms with Gasteiger partial charge in [0.05, 0.1) is 6.42 Å². The van der Waals surface area contributed by atoms with Crippen LogP contribution in [0.2, 0.25) is 5.02 Å². The lowest BCUT2D eigenvalue weighted by atomic mass is 10.1. The summed E-state index contributed by atoms with van der Waals surface area (Å²) in [5.41, 5.74) is 3.29. The van der Waals surface area contributed by atoms with Gasteiger partial charge in [-0.05, 0) is 36.6 Å². The van der Waals surface area contributed by atoms with E-state index in [2.05, 4.69) is 22.9 Å². The summed E-state index contributed by atoms with van der Waals surface area (Å²) in [6, 6.07) is 9.61. The summed E-state index contributed by atoms with van der Waals surface area (Å²) in [6.45, 7) is 5.42. The lowest BCUT2D eigenvalue weighted by Crippen LogP contribution is -2.36. The molecule has 0 spiro atoms. The molecule has 126 valence electrons. The van der Waals surface area contributed by atoms with E-state index in [1.54, 1.807) is 0 Å². The summed E-state index contributed by atoms with van der Waals surface area (Å²) in [7, 11) is 0. The molecule has 0 N–H and O–H groups in total. The second-order valence-corrected chi connectivity index (χ2v) is 6.56. The molecule has 4 nitrogen and oxygen atoms in total. The van der Waals surface area contributed by atoms with Gasteiger partial charge in [0.15, 0.2) is 0 Å². The van der Waals surface area contributed by atoms with Gasteiger partial charge in [-0.3, -0.25) is 9.78 Å². The number of aryl methyl sites for hydroxylation is 1. The summed E-state index contributed by atoms with van der Waals surface area (Å²) in [5, 5.41) is 0.662. The molecule has 5 heteroatoms. The van der Waals surface area contributed by atoms with E-state index >= 15 is 0 Å². The van der Waals surface area contributed by atoms with Crippen molar-refractivity contribution in [3.05, 3.63) is 58.9 Å². The number of rotatable bonds is 3. The molecule has 0 radical (unpaired) electrons. The fraction of sp³-hybridized carbons (Fsp3) is 0.368. The Bertz CT molecular complexity index is 719. The number of hydrogen-bond acceptors (Lipinski definition) is 3. The number of nitrogens with zero attached hydrogens (tertiary/aromatic N) is 3. The second-order valence-electron chi connectivity index (χ2n) is 6.15. The second kappa shape index (κ2) is 7.67. The van der Waals surface area contributed by atoms with Crippen LogP contribution in [0.1, 0.15) is 17.5 Å². The van der Waals surface area contributed by atoms with Gasteiger partial charge in [-0.1, -0.05) is 29.8 Å². The number of amides is 1. The van der Waals surface area contributed by atoms with E-state index in [1.807, 2.05) is 41.6 Å². The number of carbonyl (C=O) groups excluding carboxylic acids is 1. The molecule has 1 fully saturated rings. The summed E-state index contributed by atoms with van der Waals surface area (Å²) in [5.74, 6) is 0.149. The Morgan fingerprint density at radius 1 is 1.17 bits per heavy atom. The third-order valence-electron chi connectivity index (χ3n) is 4.48. The molecular formula is C19H22ClN3O. The van der Waals surface area contributed by atoms with Crippen LogP contribution in [0.4, 0.5) is 5.69 Å². The first-order valence-electron chi connectivity index (χ1n) is 8.32. The van der Waals surface area contributed by atoms with Crippen LogP contribution in [0.15, 0.2) is 42.7 Å². The molecule has 2 heterocycles. The van der Waals surface area contributed by atoms with Crippen LogP contribution in [0.3, 0.4) is 0 Å². The van der Waals surface area contributed by atoms with Crippen LogP contribution in [-0.4, -0.2) is 42.0 Å². The van der Waals surface area contributed by atoms with Gasteiger partial charge in [0.2, 0.25) is 5.91 Å². The molecule has 2 aromatic rings. The summed E-state index contributed by atoms with van der Waals surface area (Å²) in [4.78, 5) is 21.1. The third kappa shape index (κ3) is 3.88. The first kappa shape index (κ1) is 16.8. The van der Waals surface area contributed by atoms with Gasteiger partial charge in [-0.2, -0.15) is 0 Å². The maximum absolute atomic E-state index is 12.6. The van der Waals surface area contributed by atoms with Crippen LogP contribution >= 0.6 is 11.6 Å². The topological polar surface area (TPSA) is 36.4 Å². The molecule has 0 aliphatic carbocycles. The number of carbonyl (C=O) groups is 1. The first-order chi connectivity index (χ1) is 11.6. The zero-order valence-electron chi connectivity index (χ0n) is 13.9. The highest BCUT2D eigenvalue weighted by atomic mass is 35.5. The normalized spacial score (nSPS) is 15.2. The predicted octanol–water partition coefficient (Wildman–Crippen LogP) is 3.32. The van der Waals surface area contributed by atoms with Crippen molar-refractivity contribution in [1.29, 1.82) is 0 Å². The molecule has 0 atom stereocenters. The molecule has 0 bridgehead atoms. The van der Waals surface area contributed by atoms with Crippen molar-refractivity contribution in [2.24, 2.45) is 0 Å². The summed E-state index contributed by atoms with van der Waals surface area (Å²) >= 11 is 6.18. The van der Waals surface area contributed by atoms with Crippen LogP contribution in [0, 0.1) is 6.92 Å². The van der Waals surface area contributed by atoms with Crippen LogP contribution in [0.25, 0.3) is 0 Å². The Morgan fingerprint density at radius 3 is 2.79 bits per heavy atom. The van der Waals surface area contributed by atoms with E-state index in [0.29, 0.717) is 11.4 Å². The minimum Gasteiger partial charge on any atom is -0.369 e. The minimum absolute atomic E-state index is 0.149. The van der Waals surface area contributed by atoms with Crippen molar-refractivity contribution >= 4 is 23.2 Å². The van der Waals surface area contributed by atoms with E-state index < -0.39 is 0 Å². The number of hydrogen-bond donors (Lipinski definition) is 0. The average Bonchev–Trinajstić information content (AvgIpc) is 2.83. The monoisotopic (exact) mass is 343 g/mol. The Labute approximate surface area is 148 Å². The van der Waals surface area contributed by atoms with Crippen LogP contribution < -0.4 is 4.90 Å². The lowest BCUT2D eigenvalue weighted by Gasteiger charge is -2.25. The summed E-state index contributed by atoms with van der Waals surface area (Å²) in [6.07, 6.45) is 5.05. The Balaban J connectivity index is 1.64. The van der Waals surface area contributed by atoms with Crippen molar-refractivity contribution in [1.82, 2.24) is 9.88 Å². The van der Waals surface area contributed by atoms with Crippen molar-refractivity contribution < 1.29 is 4.79 Å². The van der Waals surface area contributed by atoms with Crippen LogP contribution in [-0.2, 0) is 11.2 Å². The van der Waals surface area contributed by atoms with Gasteiger partial charge in [-0.15, -0.1) is 0 Å². The van der Waals surface area contributed by atoms with E-state index in [9.17, 15) is 4.79 Å². The Kier molecular flexibility index (Phi) is 5.36. The Morgan fingerprint density at radius 2 is 2.00 bits per heavy atom. The number of anilines is 1. The van der Waals surface area contributed by atoms with Gasteiger partial charge < -0.3 is 9.80 Å². The number of benzene rings is 1. The molecule has 24 heavy (non-hydrogen) atoms. The van der Waals surface area contributed by atoms with Crippen molar-refractivity contribution in [3.8, 4) is 0 Å². The van der Waals surface area contributed by atoms with Gasteiger partial charge >= 0.3 is 0 Å². The number of aromatic nitrogens is 1. The fourth-order valence-corrected chi connectivity index (χ4v) is 3.35. The highest BCUT2D eigenvalue weighted by molar-refractivity contribution is 6.31. The smallest absolute Gasteiger partial charge is 0.227 e. The molecule has 1 aliphatic rings. The molecule has 0 unspecified atom stereocenters. The third-order valence-corrected chi connectivity index (χ3v) is 4.85. The fourth-order valence-electron chi connectivity index (χ4n) is 3.15. The van der Waals surface area contributed by atoms with E-state index in [0.717, 1.165) is 38.2 Å². The first-order valence-corrected chi connectivity index (χ1v) is 8.69. The molecule has 1 aromatic heterocycles. The molecular weight excluding hydrogens is 322 g/mol. The van der Waals surface area contributed by atoms with Crippen molar-refractivity contribution in [2.75, 3.05) is 31.1 Å². The van der Waals surface area contributed by atoms with Crippen molar-refractivity contribution in [2.45, 2.75) is 19.8 Å². The Hall–Kier alpha value is -2.07. The largest absolute Gasteiger partial charge is 0.369 e. The molecule has 1 aliphatic heterocycles. The molecule has 0 saturated carbocycles. The molecule has 1 saturated heterocycles. The summed E-state index contributed by atoms with van der Waals surface area (Å²) < 4.78 is 0. The predicted molar refractivity (Wildman–Crippen MR) is 97.5 cm³/mol.